The van der Waals surface area contributed by atoms with Gasteiger partial charge in [-0.1, -0.05) is 19.1 Å². The molecule has 0 aromatic heterocycles. The van der Waals surface area contributed by atoms with Gasteiger partial charge in [-0.25, -0.2) is 0 Å². The first-order chi connectivity index (χ1) is 7.90. The molecule has 17 heavy (non-hydrogen) atoms. The Bertz CT molecular complexity index is 352. The van der Waals surface area contributed by atoms with Crippen LogP contribution in [0.3, 0.4) is 0 Å². The molecule has 1 aromatic rings. The molecule has 0 saturated heterocycles. The Balaban J connectivity index is 2.60. The molecule has 0 fully saturated rings. The van der Waals surface area contributed by atoms with Crippen LogP contribution < -0.4 is 10.5 Å². The van der Waals surface area contributed by atoms with Crippen LogP contribution in [-0.4, -0.2) is 12.4 Å². The van der Waals surface area contributed by atoms with Crippen LogP contribution in [0.4, 0.5) is 13.2 Å². The molecule has 1 unspecified atom stereocenters. The number of ether oxygens (including phenoxy) is 1. The highest BCUT2D eigenvalue weighted by atomic mass is 19.4. The van der Waals surface area contributed by atoms with E-state index in [9.17, 15) is 13.2 Å². The molecule has 1 aromatic carbocycles. The van der Waals surface area contributed by atoms with Gasteiger partial charge in [0.25, 0.3) is 0 Å². The summed E-state index contributed by atoms with van der Waals surface area (Å²) in [5.41, 5.74) is 6.55. The number of aryl methyl sites for hydroxylation is 1. The van der Waals surface area contributed by atoms with Crippen LogP contribution in [0, 0.1) is 0 Å². The fourth-order valence-corrected chi connectivity index (χ4v) is 1.45. The third kappa shape index (κ3) is 5.58. The lowest BCUT2D eigenvalue weighted by molar-refractivity contribution is -0.274. The van der Waals surface area contributed by atoms with Crippen LogP contribution in [0.1, 0.15) is 25.3 Å². The van der Waals surface area contributed by atoms with E-state index in [0.29, 0.717) is 6.42 Å². The van der Waals surface area contributed by atoms with E-state index in [1.807, 2.05) is 6.92 Å². The number of hydrogen-bond donors (Lipinski definition) is 1. The standard InChI is InChI=1S/C12H16F3NO/c1-2-10(16)7-6-9-4-3-5-11(8-9)17-12(13,14)15/h3-5,8,10H,2,6-7,16H2,1H3. The Hall–Kier alpha value is -1.23. The zero-order valence-corrected chi connectivity index (χ0v) is 9.63. The highest BCUT2D eigenvalue weighted by Gasteiger charge is 2.31. The molecular weight excluding hydrogens is 231 g/mol. The molecule has 0 radical (unpaired) electrons. The fraction of sp³-hybridized carbons (Fsp3) is 0.500. The van der Waals surface area contributed by atoms with Gasteiger partial charge < -0.3 is 10.5 Å². The summed E-state index contributed by atoms with van der Waals surface area (Å²) in [5.74, 6) is -0.180. The van der Waals surface area contributed by atoms with Gasteiger partial charge >= 0.3 is 6.36 Å². The van der Waals surface area contributed by atoms with E-state index >= 15 is 0 Å². The smallest absolute Gasteiger partial charge is 0.406 e. The third-order valence-corrected chi connectivity index (χ3v) is 2.46. The summed E-state index contributed by atoms with van der Waals surface area (Å²) in [4.78, 5) is 0. The number of alkyl halides is 3. The SMILES string of the molecule is CCC(N)CCc1cccc(OC(F)(F)F)c1. The molecule has 96 valence electrons. The van der Waals surface area contributed by atoms with Crippen molar-refractivity contribution in [2.45, 2.75) is 38.6 Å². The molecule has 5 heteroatoms. The second-order valence-corrected chi connectivity index (χ2v) is 3.90. The number of hydrogen-bond acceptors (Lipinski definition) is 2. The van der Waals surface area contributed by atoms with E-state index in [1.165, 1.54) is 12.1 Å². The van der Waals surface area contributed by atoms with Crippen molar-refractivity contribution in [2.75, 3.05) is 0 Å². The van der Waals surface area contributed by atoms with Gasteiger partial charge in [-0.2, -0.15) is 0 Å². The first-order valence-electron chi connectivity index (χ1n) is 5.51. The highest BCUT2D eigenvalue weighted by Crippen LogP contribution is 2.23. The van der Waals surface area contributed by atoms with Crippen molar-refractivity contribution in [2.24, 2.45) is 5.73 Å². The topological polar surface area (TPSA) is 35.2 Å². The zero-order valence-electron chi connectivity index (χ0n) is 9.63. The van der Waals surface area contributed by atoms with Gasteiger partial charge in [0.15, 0.2) is 0 Å². The maximum atomic E-state index is 12.0. The van der Waals surface area contributed by atoms with Crippen molar-refractivity contribution < 1.29 is 17.9 Å². The van der Waals surface area contributed by atoms with Crippen molar-refractivity contribution >= 4 is 0 Å². The predicted molar refractivity (Wildman–Crippen MR) is 59.7 cm³/mol. The first kappa shape index (κ1) is 13.8. The van der Waals surface area contributed by atoms with E-state index in [2.05, 4.69) is 4.74 Å². The molecule has 0 aliphatic carbocycles. The highest BCUT2D eigenvalue weighted by molar-refractivity contribution is 5.28. The van der Waals surface area contributed by atoms with Crippen molar-refractivity contribution in [3.63, 3.8) is 0 Å². The van der Waals surface area contributed by atoms with Crippen molar-refractivity contribution in [3.05, 3.63) is 29.8 Å². The molecule has 0 amide bonds. The molecule has 0 aliphatic rings. The minimum absolute atomic E-state index is 0.0854. The van der Waals surface area contributed by atoms with Gasteiger partial charge in [-0.3, -0.25) is 0 Å². The third-order valence-electron chi connectivity index (χ3n) is 2.46. The molecule has 1 rings (SSSR count). The van der Waals surface area contributed by atoms with Gasteiger partial charge in [0.05, 0.1) is 0 Å². The second-order valence-electron chi connectivity index (χ2n) is 3.90. The van der Waals surface area contributed by atoms with Crippen molar-refractivity contribution in [1.29, 1.82) is 0 Å². The first-order valence-corrected chi connectivity index (χ1v) is 5.51. The lowest BCUT2D eigenvalue weighted by Crippen LogP contribution is -2.19. The minimum Gasteiger partial charge on any atom is -0.406 e. The van der Waals surface area contributed by atoms with Crippen LogP contribution in [0.25, 0.3) is 0 Å². The molecule has 1 atom stereocenters. The molecule has 0 aliphatic heterocycles. The summed E-state index contributed by atoms with van der Waals surface area (Å²) in [5, 5.41) is 0. The predicted octanol–water partition coefficient (Wildman–Crippen LogP) is 3.26. The molecule has 0 bridgehead atoms. The second kappa shape index (κ2) is 5.91. The van der Waals surface area contributed by atoms with Crippen LogP contribution in [0.2, 0.25) is 0 Å². The summed E-state index contributed by atoms with van der Waals surface area (Å²) in [6, 6.07) is 6.09. The largest absolute Gasteiger partial charge is 0.573 e. The van der Waals surface area contributed by atoms with Crippen molar-refractivity contribution in [3.8, 4) is 5.75 Å². The van der Waals surface area contributed by atoms with Crippen molar-refractivity contribution in [1.82, 2.24) is 0 Å². The Morgan fingerprint density at radius 3 is 2.65 bits per heavy atom. The molecule has 0 heterocycles. The molecule has 0 saturated carbocycles. The zero-order chi connectivity index (χ0) is 12.9. The average Bonchev–Trinajstić information content (AvgIpc) is 2.24. The summed E-state index contributed by atoms with van der Waals surface area (Å²) >= 11 is 0. The number of benzene rings is 1. The van der Waals surface area contributed by atoms with Gasteiger partial charge in [-0.15, -0.1) is 13.2 Å². The van der Waals surface area contributed by atoms with E-state index in [-0.39, 0.29) is 11.8 Å². The van der Waals surface area contributed by atoms with Gasteiger partial charge in [0.2, 0.25) is 0 Å². The molecule has 2 N–H and O–H groups in total. The Morgan fingerprint density at radius 2 is 2.06 bits per heavy atom. The lowest BCUT2D eigenvalue weighted by atomic mass is 10.0. The number of nitrogens with two attached hydrogens (primary N) is 1. The maximum absolute atomic E-state index is 12.0. The summed E-state index contributed by atoms with van der Waals surface area (Å²) in [7, 11) is 0. The quantitative estimate of drug-likeness (QED) is 0.866. The Morgan fingerprint density at radius 1 is 1.35 bits per heavy atom. The Labute approximate surface area is 98.6 Å². The maximum Gasteiger partial charge on any atom is 0.573 e. The van der Waals surface area contributed by atoms with Gasteiger partial charge in [-0.05, 0) is 37.0 Å². The molecule has 2 nitrogen and oxygen atoms in total. The average molecular weight is 247 g/mol. The monoisotopic (exact) mass is 247 g/mol. The van der Waals surface area contributed by atoms with Crippen LogP contribution >= 0.6 is 0 Å². The fourth-order valence-electron chi connectivity index (χ4n) is 1.45. The van der Waals surface area contributed by atoms with Gasteiger partial charge in [0.1, 0.15) is 5.75 Å². The molecular formula is C12H16F3NO. The van der Waals surface area contributed by atoms with E-state index in [4.69, 9.17) is 5.73 Å². The van der Waals surface area contributed by atoms with E-state index < -0.39 is 6.36 Å². The number of rotatable bonds is 5. The Kier molecular flexibility index (Phi) is 4.81. The van der Waals surface area contributed by atoms with Crippen LogP contribution in [0.15, 0.2) is 24.3 Å². The summed E-state index contributed by atoms with van der Waals surface area (Å²) in [6.07, 6.45) is -2.37. The van der Waals surface area contributed by atoms with Crippen LogP contribution in [-0.2, 0) is 6.42 Å². The van der Waals surface area contributed by atoms with E-state index in [1.54, 1.807) is 12.1 Å². The minimum atomic E-state index is -4.64. The lowest BCUT2D eigenvalue weighted by Gasteiger charge is -2.11. The van der Waals surface area contributed by atoms with E-state index in [0.717, 1.165) is 18.4 Å². The summed E-state index contributed by atoms with van der Waals surface area (Å²) < 4.78 is 39.8. The normalized spacial score (nSPS) is 13.5. The molecule has 0 spiro atoms. The number of halogens is 3. The van der Waals surface area contributed by atoms with Gasteiger partial charge in [0, 0.05) is 6.04 Å². The summed E-state index contributed by atoms with van der Waals surface area (Å²) in [6.45, 7) is 1.98. The van der Waals surface area contributed by atoms with Crippen LogP contribution in [0.5, 0.6) is 5.75 Å².